The molecule has 0 aromatic heterocycles. The number of esters is 1. The van der Waals surface area contributed by atoms with Gasteiger partial charge in [-0.1, -0.05) is 0 Å². The molecule has 1 N–H and O–H groups in total. The summed E-state index contributed by atoms with van der Waals surface area (Å²) in [4.78, 5) is 25.4. The predicted octanol–water partition coefficient (Wildman–Crippen LogP) is 2.17. The van der Waals surface area contributed by atoms with E-state index in [4.69, 9.17) is 9.29 Å². The third-order valence-electron chi connectivity index (χ3n) is 7.28. The fourth-order valence-corrected chi connectivity index (χ4v) is 6.82. The Morgan fingerprint density at radius 1 is 1.07 bits per heavy atom. The summed E-state index contributed by atoms with van der Waals surface area (Å²) >= 11 is 0. The second-order valence-corrected chi connectivity index (χ2v) is 10.9. The Morgan fingerprint density at radius 2 is 1.57 bits per heavy atom. The molecule has 5 aliphatic rings. The molecule has 0 aromatic rings. The molecule has 158 valence electrons. The number of likely N-dealkylation sites (tertiary alicyclic amines) is 1. The maximum Gasteiger partial charge on any atom is 0.309 e. The van der Waals surface area contributed by atoms with Crippen LogP contribution in [0.2, 0.25) is 0 Å². The SMILES string of the molecule is O=C(OCC12CC3CC(CC(C3)C1)C2)C1CCN(C(=O)C(F)S(=O)(=O)O)CC1. The lowest BCUT2D eigenvalue weighted by Gasteiger charge is -2.56. The number of hydrogen-bond acceptors (Lipinski definition) is 5. The number of ether oxygens (including phenoxy) is 1. The highest BCUT2D eigenvalue weighted by atomic mass is 32.2. The van der Waals surface area contributed by atoms with Crippen molar-refractivity contribution in [3.8, 4) is 0 Å². The van der Waals surface area contributed by atoms with Crippen LogP contribution in [0.25, 0.3) is 0 Å². The molecule has 28 heavy (non-hydrogen) atoms. The van der Waals surface area contributed by atoms with Gasteiger partial charge in [0.25, 0.3) is 5.91 Å². The van der Waals surface area contributed by atoms with Crippen LogP contribution in [0, 0.1) is 29.1 Å². The van der Waals surface area contributed by atoms with Crippen LogP contribution in [-0.2, 0) is 24.4 Å². The number of hydrogen-bond donors (Lipinski definition) is 1. The number of nitrogens with zero attached hydrogens (tertiary/aromatic N) is 1. The number of carbonyl (C=O) groups excluding carboxylic acids is 2. The summed E-state index contributed by atoms with van der Waals surface area (Å²) in [5.41, 5.74) is -2.81. The van der Waals surface area contributed by atoms with Crippen LogP contribution >= 0.6 is 0 Å². The van der Waals surface area contributed by atoms with Gasteiger partial charge >= 0.3 is 21.6 Å². The minimum atomic E-state index is -5.06. The van der Waals surface area contributed by atoms with Crippen LogP contribution in [0.5, 0.6) is 0 Å². The largest absolute Gasteiger partial charge is 0.465 e. The summed E-state index contributed by atoms with van der Waals surface area (Å²) in [6, 6.07) is 0. The van der Waals surface area contributed by atoms with E-state index in [0.717, 1.165) is 41.9 Å². The zero-order valence-corrected chi connectivity index (χ0v) is 16.7. The quantitative estimate of drug-likeness (QED) is 0.543. The van der Waals surface area contributed by atoms with E-state index < -0.39 is 21.5 Å². The van der Waals surface area contributed by atoms with E-state index in [2.05, 4.69) is 0 Å². The molecular formula is C19H28FNO6S. The number of rotatable bonds is 5. The highest BCUT2D eigenvalue weighted by Crippen LogP contribution is 2.60. The van der Waals surface area contributed by atoms with Gasteiger partial charge in [0.05, 0.1) is 12.5 Å². The highest BCUT2D eigenvalue weighted by Gasteiger charge is 2.51. The van der Waals surface area contributed by atoms with Crippen LogP contribution in [-0.4, -0.2) is 54.9 Å². The Bertz CT molecular complexity index is 710. The average molecular weight is 417 g/mol. The molecule has 9 heteroatoms. The van der Waals surface area contributed by atoms with Gasteiger partial charge in [-0.2, -0.15) is 8.42 Å². The lowest BCUT2D eigenvalue weighted by Crippen LogP contribution is -2.49. The molecule has 1 aliphatic heterocycles. The normalized spacial score (nSPS) is 36.4. The number of halogens is 1. The minimum absolute atomic E-state index is 0.0753. The van der Waals surface area contributed by atoms with Crippen molar-refractivity contribution in [1.82, 2.24) is 4.90 Å². The average Bonchev–Trinajstić information content (AvgIpc) is 2.63. The van der Waals surface area contributed by atoms with E-state index in [1.54, 1.807) is 0 Å². The van der Waals surface area contributed by atoms with Crippen molar-refractivity contribution in [3.63, 3.8) is 0 Å². The van der Waals surface area contributed by atoms with E-state index in [0.29, 0.717) is 19.4 Å². The van der Waals surface area contributed by atoms with Crippen molar-refractivity contribution in [2.45, 2.75) is 56.9 Å². The van der Waals surface area contributed by atoms with Crippen LogP contribution in [0.15, 0.2) is 0 Å². The molecule has 1 heterocycles. The first-order valence-corrected chi connectivity index (χ1v) is 11.7. The summed E-state index contributed by atoms with van der Waals surface area (Å²) < 4.78 is 49.5. The zero-order valence-electron chi connectivity index (χ0n) is 15.9. The Kier molecular flexibility index (Phi) is 5.18. The molecule has 7 nitrogen and oxygen atoms in total. The maximum absolute atomic E-state index is 13.5. The first-order valence-electron chi connectivity index (χ1n) is 10.2. The smallest absolute Gasteiger partial charge is 0.309 e. The predicted molar refractivity (Wildman–Crippen MR) is 97.3 cm³/mol. The van der Waals surface area contributed by atoms with Gasteiger partial charge in [-0.15, -0.1) is 0 Å². The summed E-state index contributed by atoms with van der Waals surface area (Å²) in [6.45, 7) is 0.627. The van der Waals surface area contributed by atoms with E-state index in [-0.39, 0.29) is 30.4 Å². The monoisotopic (exact) mass is 417 g/mol. The van der Waals surface area contributed by atoms with Crippen LogP contribution < -0.4 is 0 Å². The van der Waals surface area contributed by atoms with E-state index in [9.17, 15) is 22.4 Å². The van der Waals surface area contributed by atoms with Crippen molar-refractivity contribution in [2.75, 3.05) is 19.7 Å². The van der Waals surface area contributed by atoms with Crippen molar-refractivity contribution < 1.29 is 31.7 Å². The van der Waals surface area contributed by atoms with E-state index >= 15 is 0 Å². The number of alkyl halides is 1. The summed E-state index contributed by atoms with van der Waals surface area (Å²) in [5, 5.41) is 0. The van der Waals surface area contributed by atoms with Crippen LogP contribution in [0.1, 0.15) is 51.4 Å². The Hall–Kier alpha value is -1.22. The van der Waals surface area contributed by atoms with Gasteiger partial charge in [0.2, 0.25) is 0 Å². The van der Waals surface area contributed by atoms with Gasteiger partial charge in [0.15, 0.2) is 0 Å². The highest BCUT2D eigenvalue weighted by molar-refractivity contribution is 7.87. The molecule has 5 rings (SSSR count). The zero-order chi connectivity index (χ0) is 20.1. The molecule has 4 saturated carbocycles. The van der Waals surface area contributed by atoms with Gasteiger partial charge in [0, 0.05) is 18.5 Å². The fraction of sp³-hybridized carbons (Fsp3) is 0.895. The van der Waals surface area contributed by atoms with Crippen molar-refractivity contribution in [1.29, 1.82) is 0 Å². The summed E-state index contributed by atoms with van der Waals surface area (Å²) in [7, 11) is -5.06. The van der Waals surface area contributed by atoms with Gasteiger partial charge < -0.3 is 9.64 Å². The second kappa shape index (κ2) is 7.23. The molecule has 5 fully saturated rings. The molecule has 1 atom stereocenters. The van der Waals surface area contributed by atoms with Gasteiger partial charge in [-0.3, -0.25) is 14.1 Å². The third-order valence-corrected chi connectivity index (χ3v) is 8.01. The molecule has 0 spiro atoms. The molecule has 1 amide bonds. The molecule has 4 aliphatic carbocycles. The number of piperidine rings is 1. The van der Waals surface area contributed by atoms with Crippen molar-refractivity contribution in [3.05, 3.63) is 0 Å². The first kappa shape index (κ1) is 20.1. The lowest BCUT2D eigenvalue weighted by molar-refractivity contribution is -0.162. The topological polar surface area (TPSA) is 101 Å². The van der Waals surface area contributed by atoms with E-state index in [1.807, 2.05) is 0 Å². The van der Waals surface area contributed by atoms with Gasteiger partial charge in [0.1, 0.15) is 0 Å². The number of amides is 1. The van der Waals surface area contributed by atoms with Crippen molar-refractivity contribution in [2.24, 2.45) is 29.1 Å². The van der Waals surface area contributed by atoms with Crippen molar-refractivity contribution >= 4 is 22.0 Å². The second-order valence-electron chi connectivity index (χ2n) is 9.46. The van der Waals surface area contributed by atoms with Gasteiger partial charge in [-0.25, -0.2) is 4.39 Å². The third kappa shape index (κ3) is 3.92. The Balaban J connectivity index is 1.26. The van der Waals surface area contributed by atoms with Crippen LogP contribution in [0.3, 0.4) is 0 Å². The first-order chi connectivity index (χ1) is 13.2. The van der Waals surface area contributed by atoms with Crippen LogP contribution in [0.4, 0.5) is 4.39 Å². The van der Waals surface area contributed by atoms with Gasteiger partial charge in [-0.05, 0) is 69.1 Å². The molecule has 0 aromatic carbocycles. The maximum atomic E-state index is 13.5. The number of carbonyl (C=O) groups is 2. The molecule has 4 bridgehead atoms. The Morgan fingerprint density at radius 3 is 2.04 bits per heavy atom. The Labute approximate surface area is 164 Å². The fourth-order valence-electron chi connectivity index (χ4n) is 6.42. The molecule has 1 unspecified atom stereocenters. The standard InChI is InChI=1S/C19H28FNO6S/c20-16(28(24,25)26)17(22)21-3-1-15(2-4-21)18(23)27-11-19-8-12-5-13(9-19)7-14(6-12)10-19/h12-16H,1-11H2,(H,24,25,26). The molecule has 1 saturated heterocycles. The lowest BCUT2D eigenvalue weighted by atomic mass is 9.50. The minimum Gasteiger partial charge on any atom is -0.465 e. The molecular weight excluding hydrogens is 389 g/mol. The summed E-state index contributed by atoms with van der Waals surface area (Å²) in [5.74, 6) is 0.459. The summed E-state index contributed by atoms with van der Waals surface area (Å²) in [6.07, 6.45) is 8.09. The molecule has 0 radical (unpaired) electrons. The van der Waals surface area contributed by atoms with E-state index in [1.165, 1.54) is 19.3 Å².